The van der Waals surface area contributed by atoms with Crippen molar-refractivity contribution in [3.8, 4) is 11.5 Å². The molecule has 1 aliphatic carbocycles. The van der Waals surface area contributed by atoms with Gasteiger partial charge in [-0.15, -0.1) is 0 Å². The summed E-state index contributed by atoms with van der Waals surface area (Å²) in [5.41, 5.74) is 1.93. The molecule has 2 aromatic rings. The van der Waals surface area contributed by atoms with Gasteiger partial charge < -0.3 is 20.4 Å². The Morgan fingerprint density at radius 1 is 0.808 bits per heavy atom. The van der Waals surface area contributed by atoms with Gasteiger partial charge in [0.25, 0.3) is 0 Å². The Morgan fingerprint density at radius 3 is 1.96 bits per heavy atom. The molecule has 132 valence electrons. The summed E-state index contributed by atoms with van der Waals surface area (Å²) in [6.45, 7) is -0.464. The number of phenols is 2. The number of aliphatic imine (C=N–C) groups is 1. The molecule has 0 aromatic heterocycles. The Kier molecular flexibility index (Phi) is 4.86. The molecular weight excluding hydrogens is 334 g/mol. The highest BCUT2D eigenvalue weighted by Crippen LogP contribution is 2.27. The molecule has 0 amide bonds. The Labute approximate surface area is 149 Å². The minimum Gasteiger partial charge on any atom is -0.508 e. The van der Waals surface area contributed by atoms with E-state index in [-0.39, 0.29) is 35.0 Å². The van der Waals surface area contributed by atoms with Crippen LogP contribution in [0.1, 0.15) is 5.56 Å². The molecule has 0 spiro atoms. The van der Waals surface area contributed by atoms with E-state index in [1.54, 1.807) is 24.3 Å². The second kappa shape index (κ2) is 7.25. The number of allylic oxidation sites excluding steroid dienone is 2. The lowest BCUT2D eigenvalue weighted by Gasteiger charge is -2.19. The molecular formula is C20H17NO5. The average Bonchev–Trinajstić information content (AvgIpc) is 2.62. The third kappa shape index (κ3) is 3.65. The lowest BCUT2D eigenvalue weighted by Crippen LogP contribution is -2.24. The fourth-order valence-corrected chi connectivity index (χ4v) is 2.69. The van der Waals surface area contributed by atoms with E-state index in [9.17, 15) is 25.2 Å². The van der Waals surface area contributed by atoms with Crippen LogP contribution in [0.3, 0.4) is 0 Å². The van der Waals surface area contributed by atoms with Gasteiger partial charge in [-0.3, -0.25) is 4.79 Å². The van der Waals surface area contributed by atoms with E-state index in [1.165, 1.54) is 24.3 Å². The summed E-state index contributed by atoms with van der Waals surface area (Å²) in [5.74, 6) is -0.517. The van der Waals surface area contributed by atoms with Gasteiger partial charge >= 0.3 is 0 Å². The van der Waals surface area contributed by atoms with Crippen molar-refractivity contribution < 1.29 is 25.2 Å². The minimum atomic E-state index is -0.505. The van der Waals surface area contributed by atoms with Gasteiger partial charge in [-0.2, -0.15) is 0 Å². The first-order chi connectivity index (χ1) is 12.5. The van der Waals surface area contributed by atoms with Gasteiger partial charge in [0.2, 0.25) is 5.78 Å². The molecule has 0 fully saturated rings. The normalized spacial score (nSPS) is 16.1. The number of phenolic OH excluding ortho intramolecular Hbond substituents is 2. The summed E-state index contributed by atoms with van der Waals surface area (Å²) in [6.07, 6.45) is 1.34. The van der Waals surface area contributed by atoms with Crippen LogP contribution in [0.4, 0.5) is 5.69 Å². The van der Waals surface area contributed by atoms with Crippen molar-refractivity contribution in [2.45, 2.75) is 6.42 Å². The van der Waals surface area contributed by atoms with Crippen LogP contribution in [0.15, 0.2) is 76.5 Å². The largest absolute Gasteiger partial charge is 0.508 e. The first-order valence-corrected chi connectivity index (χ1v) is 7.92. The van der Waals surface area contributed by atoms with Gasteiger partial charge in [0.05, 0.1) is 12.3 Å². The lowest BCUT2D eigenvalue weighted by atomic mass is 9.89. The van der Waals surface area contributed by atoms with Crippen LogP contribution in [0, 0.1) is 0 Å². The predicted molar refractivity (Wildman–Crippen MR) is 96.8 cm³/mol. The first kappa shape index (κ1) is 17.4. The first-order valence-electron chi connectivity index (χ1n) is 7.92. The summed E-state index contributed by atoms with van der Waals surface area (Å²) < 4.78 is 0. The molecule has 0 atom stereocenters. The molecule has 26 heavy (non-hydrogen) atoms. The highest BCUT2D eigenvalue weighted by Gasteiger charge is 2.26. The second-order valence-corrected chi connectivity index (χ2v) is 5.83. The lowest BCUT2D eigenvalue weighted by molar-refractivity contribution is -0.109. The van der Waals surface area contributed by atoms with Gasteiger partial charge in [-0.05, 0) is 42.0 Å². The Balaban J connectivity index is 2.03. The van der Waals surface area contributed by atoms with Crippen molar-refractivity contribution in [2.24, 2.45) is 4.99 Å². The maximum Gasteiger partial charge on any atom is 0.208 e. The third-order valence-electron chi connectivity index (χ3n) is 4.03. The van der Waals surface area contributed by atoms with Gasteiger partial charge in [-0.1, -0.05) is 12.1 Å². The van der Waals surface area contributed by atoms with Crippen LogP contribution >= 0.6 is 0 Å². The monoisotopic (exact) mass is 351 g/mol. The van der Waals surface area contributed by atoms with Crippen molar-refractivity contribution in [1.29, 1.82) is 0 Å². The summed E-state index contributed by atoms with van der Waals surface area (Å²) >= 11 is 0. The average molecular weight is 351 g/mol. The molecule has 2 aromatic carbocycles. The number of benzene rings is 2. The summed E-state index contributed by atoms with van der Waals surface area (Å²) in [6, 6.07) is 12.4. The van der Waals surface area contributed by atoms with Crippen molar-refractivity contribution >= 4 is 17.2 Å². The summed E-state index contributed by atoms with van der Waals surface area (Å²) in [4.78, 5) is 16.6. The summed E-state index contributed by atoms with van der Waals surface area (Å²) in [7, 11) is 0. The van der Waals surface area contributed by atoms with E-state index < -0.39 is 12.4 Å². The van der Waals surface area contributed by atoms with E-state index in [4.69, 9.17) is 0 Å². The van der Waals surface area contributed by atoms with Crippen LogP contribution in [-0.2, 0) is 11.2 Å². The molecule has 4 N–H and O–H groups in total. The van der Waals surface area contributed by atoms with Crippen LogP contribution in [0.5, 0.6) is 11.5 Å². The molecule has 0 heterocycles. The van der Waals surface area contributed by atoms with Gasteiger partial charge in [0.1, 0.15) is 23.0 Å². The Morgan fingerprint density at radius 2 is 1.38 bits per heavy atom. The topological polar surface area (TPSA) is 110 Å². The Hall–Kier alpha value is -3.38. The SMILES string of the molecule is O=C1C=C(O)C(Cc2ccc(O)cc2)=C(CO)C1=Nc1ccc(O)cc1. The molecule has 0 aliphatic heterocycles. The second-order valence-electron chi connectivity index (χ2n) is 5.83. The number of rotatable bonds is 4. The van der Waals surface area contributed by atoms with Crippen molar-refractivity contribution in [3.63, 3.8) is 0 Å². The van der Waals surface area contributed by atoms with Crippen LogP contribution < -0.4 is 0 Å². The number of carbonyl (C=O) groups excluding carboxylic acids is 1. The van der Waals surface area contributed by atoms with E-state index >= 15 is 0 Å². The number of hydrogen-bond donors (Lipinski definition) is 4. The van der Waals surface area contributed by atoms with E-state index in [0.717, 1.165) is 11.6 Å². The molecule has 3 rings (SSSR count). The zero-order valence-electron chi connectivity index (χ0n) is 13.8. The van der Waals surface area contributed by atoms with E-state index in [0.29, 0.717) is 11.3 Å². The number of nitrogens with zero attached hydrogens (tertiary/aromatic N) is 1. The minimum absolute atomic E-state index is 0.0461. The van der Waals surface area contributed by atoms with Gasteiger partial charge in [0.15, 0.2) is 0 Å². The molecule has 6 heteroatoms. The zero-order chi connectivity index (χ0) is 18.7. The van der Waals surface area contributed by atoms with Crippen molar-refractivity contribution in [2.75, 3.05) is 6.61 Å². The maximum absolute atomic E-state index is 12.3. The van der Waals surface area contributed by atoms with Gasteiger partial charge in [0, 0.05) is 23.6 Å². The fourth-order valence-electron chi connectivity index (χ4n) is 2.69. The number of aromatic hydroxyl groups is 2. The highest BCUT2D eigenvalue weighted by molar-refractivity contribution is 6.51. The van der Waals surface area contributed by atoms with Crippen LogP contribution in [0.25, 0.3) is 0 Å². The van der Waals surface area contributed by atoms with Gasteiger partial charge in [-0.25, -0.2) is 4.99 Å². The summed E-state index contributed by atoms with van der Waals surface area (Å²) in [5, 5.41) is 38.7. The van der Waals surface area contributed by atoms with E-state index in [1.807, 2.05) is 0 Å². The highest BCUT2D eigenvalue weighted by atomic mass is 16.3. The molecule has 0 bridgehead atoms. The maximum atomic E-state index is 12.3. The number of ketones is 1. The third-order valence-corrected chi connectivity index (χ3v) is 4.03. The van der Waals surface area contributed by atoms with Crippen molar-refractivity contribution in [1.82, 2.24) is 0 Å². The molecule has 0 radical (unpaired) electrons. The number of aliphatic hydroxyl groups is 2. The predicted octanol–water partition coefficient (Wildman–Crippen LogP) is 2.73. The smallest absolute Gasteiger partial charge is 0.208 e. The fraction of sp³-hybridized carbons (Fsp3) is 0.100. The molecule has 6 nitrogen and oxygen atoms in total. The standard InChI is InChI=1S/C20H17NO5/c22-11-17-16(9-12-1-5-14(23)6-2-12)18(25)10-19(26)20(17)21-13-3-7-15(24)8-4-13/h1-8,10,22-25H,9,11H2. The molecule has 0 unspecified atom stereocenters. The van der Waals surface area contributed by atoms with Crippen LogP contribution in [-0.4, -0.2) is 38.5 Å². The van der Waals surface area contributed by atoms with Crippen molar-refractivity contribution in [3.05, 3.63) is 77.1 Å². The Bertz CT molecular complexity index is 922. The number of aliphatic hydroxyl groups excluding tert-OH is 2. The molecule has 0 saturated carbocycles. The van der Waals surface area contributed by atoms with E-state index in [2.05, 4.69) is 4.99 Å². The quantitative estimate of drug-likeness (QED) is 0.633. The number of hydrogen-bond acceptors (Lipinski definition) is 6. The van der Waals surface area contributed by atoms with Crippen LogP contribution in [0.2, 0.25) is 0 Å². The molecule has 1 aliphatic rings. The number of carbonyl (C=O) groups is 1. The zero-order valence-corrected chi connectivity index (χ0v) is 13.8. The molecule has 0 saturated heterocycles.